The van der Waals surface area contributed by atoms with E-state index in [0.717, 1.165) is 0 Å². The van der Waals surface area contributed by atoms with E-state index >= 15 is 0 Å². The summed E-state index contributed by atoms with van der Waals surface area (Å²) in [5.74, 6) is 0. The van der Waals surface area contributed by atoms with Crippen molar-refractivity contribution in [1.29, 1.82) is 0 Å². The molecule has 124 valence electrons. The molecule has 0 amide bonds. The van der Waals surface area contributed by atoms with Crippen LogP contribution in [0.15, 0.2) is 72.8 Å². The van der Waals surface area contributed by atoms with Gasteiger partial charge in [0.2, 0.25) is 0 Å². The van der Waals surface area contributed by atoms with Crippen LogP contribution in [0.1, 0.15) is 0 Å². The zero-order valence-electron chi connectivity index (χ0n) is 14.8. The van der Waals surface area contributed by atoms with E-state index < -0.39 is 0 Å². The standard InChI is InChI=1S/C23H18N3/c1-24-17-9-4-3-8-15(17)16-14-22-25(2)18-10-5-6-11-19(18)26(22)21-13-7-12-20(24)23(16)21/h3-14H,1-2H3/q+1. The molecule has 0 unspecified atom stereocenters. The Balaban J connectivity index is 2.06. The van der Waals surface area contributed by atoms with Crippen molar-refractivity contribution in [2.75, 3.05) is 0 Å². The molecule has 3 heterocycles. The summed E-state index contributed by atoms with van der Waals surface area (Å²) in [6, 6.07) is 26.3. The molecule has 3 nitrogen and oxygen atoms in total. The number of nitrogens with zero attached hydrogens (tertiary/aromatic N) is 3. The molecule has 0 aliphatic carbocycles. The van der Waals surface area contributed by atoms with Crippen LogP contribution in [-0.4, -0.2) is 8.97 Å². The second kappa shape index (κ2) is 4.64. The van der Waals surface area contributed by atoms with Crippen LogP contribution in [0.25, 0.3) is 49.4 Å². The maximum Gasteiger partial charge on any atom is 0.288 e. The van der Waals surface area contributed by atoms with Crippen molar-refractivity contribution < 1.29 is 4.57 Å². The van der Waals surface area contributed by atoms with Gasteiger partial charge in [-0.15, -0.1) is 0 Å². The van der Waals surface area contributed by atoms with E-state index in [1.807, 2.05) is 0 Å². The Hall–Kier alpha value is -3.33. The van der Waals surface area contributed by atoms with Crippen LogP contribution in [0.3, 0.4) is 0 Å². The summed E-state index contributed by atoms with van der Waals surface area (Å²) >= 11 is 0. The highest BCUT2D eigenvalue weighted by atomic mass is 15.1. The topological polar surface area (TPSA) is 13.2 Å². The minimum absolute atomic E-state index is 1.21. The second-order valence-electron chi connectivity index (χ2n) is 7.05. The minimum Gasteiger partial charge on any atom is -0.343 e. The predicted octanol–water partition coefficient (Wildman–Crippen LogP) is 4.72. The quantitative estimate of drug-likeness (QED) is 0.216. The first-order chi connectivity index (χ1) is 12.8. The van der Waals surface area contributed by atoms with Crippen LogP contribution >= 0.6 is 0 Å². The summed E-state index contributed by atoms with van der Waals surface area (Å²) in [5.41, 5.74) is 7.49. The van der Waals surface area contributed by atoms with Gasteiger partial charge in [0.15, 0.2) is 11.0 Å². The summed E-state index contributed by atoms with van der Waals surface area (Å²) in [5, 5.41) is 3.93. The van der Waals surface area contributed by atoms with Gasteiger partial charge in [0, 0.05) is 29.4 Å². The zero-order chi connectivity index (χ0) is 17.4. The lowest BCUT2D eigenvalue weighted by atomic mass is 10.0. The second-order valence-corrected chi connectivity index (χ2v) is 7.05. The van der Waals surface area contributed by atoms with Crippen molar-refractivity contribution in [3.8, 4) is 0 Å². The number of rotatable bonds is 0. The Morgan fingerprint density at radius 2 is 1.38 bits per heavy atom. The number of para-hydroxylation sites is 3. The van der Waals surface area contributed by atoms with Crippen LogP contribution in [0.5, 0.6) is 0 Å². The molecule has 0 aliphatic rings. The molecule has 0 aliphatic heterocycles. The average Bonchev–Trinajstić information content (AvgIpc) is 2.98. The molecule has 6 aromatic rings. The predicted molar refractivity (Wildman–Crippen MR) is 108 cm³/mol. The fraction of sp³-hybridized carbons (Fsp3) is 0.0870. The molecule has 0 bridgehead atoms. The highest BCUT2D eigenvalue weighted by Gasteiger charge is 2.22. The normalized spacial score (nSPS) is 12.2. The van der Waals surface area contributed by atoms with E-state index in [0.29, 0.717) is 0 Å². The first kappa shape index (κ1) is 13.9. The first-order valence-corrected chi connectivity index (χ1v) is 8.94. The Morgan fingerprint density at radius 1 is 0.692 bits per heavy atom. The number of fused-ring (bicyclic) bond motifs is 6. The van der Waals surface area contributed by atoms with E-state index in [-0.39, 0.29) is 0 Å². The minimum atomic E-state index is 1.21. The summed E-state index contributed by atoms with van der Waals surface area (Å²) in [6.45, 7) is 0. The lowest BCUT2D eigenvalue weighted by Crippen LogP contribution is -2.27. The Labute approximate surface area is 150 Å². The van der Waals surface area contributed by atoms with E-state index in [2.05, 4.69) is 100 Å². The summed E-state index contributed by atoms with van der Waals surface area (Å²) in [6.07, 6.45) is 0. The van der Waals surface area contributed by atoms with Gasteiger partial charge in [-0.25, -0.2) is 4.57 Å². The van der Waals surface area contributed by atoms with E-state index in [4.69, 9.17) is 0 Å². The Bertz CT molecular complexity index is 1500. The number of imidazole rings is 1. The summed E-state index contributed by atoms with van der Waals surface area (Å²) < 4.78 is 6.99. The molecule has 0 saturated carbocycles. The lowest BCUT2D eigenvalue weighted by molar-refractivity contribution is -0.618. The van der Waals surface area contributed by atoms with Crippen molar-refractivity contribution in [3.63, 3.8) is 0 Å². The van der Waals surface area contributed by atoms with Gasteiger partial charge in [0.1, 0.15) is 5.52 Å². The summed E-state index contributed by atoms with van der Waals surface area (Å²) in [4.78, 5) is 0. The maximum absolute atomic E-state index is 2.39. The van der Waals surface area contributed by atoms with Gasteiger partial charge in [-0.3, -0.25) is 0 Å². The molecule has 26 heavy (non-hydrogen) atoms. The number of pyridine rings is 2. The van der Waals surface area contributed by atoms with Crippen molar-refractivity contribution in [1.82, 2.24) is 8.97 Å². The SMILES string of the molecule is Cn1c2ccccc2c2cc3n(c4cccc1c24)c1ccccc1[n+]3C. The van der Waals surface area contributed by atoms with Gasteiger partial charge < -0.3 is 4.57 Å². The number of benzene rings is 3. The number of hydrogen-bond donors (Lipinski definition) is 0. The number of aryl methyl sites for hydroxylation is 2. The molecule has 3 heteroatoms. The molecule has 0 atom stereocenters. The number of aromatic nitrogens is 3. The van der Waals surface area contributed by atoms with E-state index in [1.54, 1.807) is 0 Å². The molecule has 3 aromatic heterocycles. The van der Waals surface area contributed by atoms with Crippen molar-refractivity contribution in [2.24, 2.45) is 14.1 Å². The van der Waals surface area contributed by atoms with Gasteiger partial charge >= 0.3 is 0 Å². The van der Waals surface area contributed by atoms with Gasteiger partial charge in [-0.2, -0.15) is 4.40 Å². The molecule has 0 radical (unpaired) electrons. The largest absolute Gasteiger partial charge is 0.343 e. The molecule has 6 rings (SSSR count). The van der Waals surface area contributed by atoms with Crippen molar-refractivity contribution in [2.45, 2.75) is 0 Å². The van der Waals surface area contributed by atoms with Gasteiger partial charge in [0.05, 0.1) is 18.0 Å². The third-order valence-electron chi connectivity index (χ3n) is 5.78. The fourth-order valence-electron chi connectivity index (χ4n) is 4.56. The fourth-order valence-corrected chi connectivity index (χ4v) is 4.56. The highest BCUT2D eigenvalue weighted by Crippen LogP contribution is 2.35. The van der Waals surface area contributed by atoms with Gasteiger partial charge in [-0.05, 0) is 30.3 Å². The van der Waals surface area contributed by atoms with E-state index in [9.17, 15) is 0 Å². The van der Waals surface area contributed by atoms with Crippen LogP contribution in [-0.2, 0) is 14.1 Å². The Morgan fingerprint density at radius 3 is 2.27 bits per heavy atom. The summed E-state index contributed by atoms with van der Waals surface area (Å²) in [7, 11) is 4.31. The van der Waals surface area contributed by atoms with E-state index in [1.165, 1.54) is 49.4 Å². The molecule has 0 saturated heterocycles. The van der Waals surface area contributed by atoms with Gasteiger partial charge in [0.25, 0.3) is 5.65 Å². The van der Waals surface area contributed by atoms with Crippen LogP contribution in [0.4, 0.5) is 0 Å². The number of hydrogen-bond acceptors (Lipinski definition) is 0. The van der Waals surface area contributed by atoms with Crippen molar-refractivity contribution in [3.05, 3.63) is 72.8 Å². The van der Waals surface area contributed by atoms with Crippen LogP contribution < -0.4 is 4.57 Å². The molecule has 0 spiro atoms. The monoisotopic (exact) mass is 336 g/mol. The lowest BCUT2D eigenvalue weighted by Gasteiger charge is -2.14. The average molecular weight is 336 g/mol. The Kier molecular flexibility index (Phi) is 2.48. The molecule has 0 fully saturated rings. The first-order valence-electron chi connectivity index (χ1n) is 8.94. The third kappa shape index (κ3) is 1.51. The molecular formula is C23H18N3+. The maximum atomic E-state index is 2.39. The third-order valence-corrected chi connectivity index (χ3v) is 5.78. The smallest absolute Gasteiger partial charge is 0.288 e. The van der Waals surface area contributed by atoms with Crippen LogP contribution in [0, 0.1) is 0 Å². The molecule has 0 N–H and O–H groups in total. The van der Waals surface area contributed by atoms with Gasteiger partial charge in [-0.1, -0.05) is 36.4 Å². The molecule has 3 aromatic carbocycles. The van der Waals surface area contributed by atoms with Crippen molar-refractivity contribution >= 4 is 49.4 Å². The highest BCUT2D eigenvalue weighted by molar-refractivity contribution is 6.19. The zero-order valence-corrected chi connectivity index (χ0v) is 14.8. The van der Waals surface area contributed by atoms with Crippen LogP contribution in [0.2, 0.25) is 0 Å². The molecular weight excluding hydrogens is 318 g/mol.